The minimum absolute atomic E-state index is 0.286. The Kier molecular flexibility index (Phi) is 2.34. The Balaban J connectivity index is 2.23. The van der Waals surface area contributed by atoms with Crippen LogP contribution in [0.25, 0.3) is 0 Å². The van der Waals surface area contributed by atoms with E-state index in [1.165, 1.54) is 13.2 Å². The maximum Gasteiger partial charge on any atom is 0.407 e. The van der Waals surface area contributed by atoms with Crippen molar-refractivity contribution in [2.24, 2.45) is 0 Å². The molecule has 0 aromatic heterocycles. The summed E-state index contributed by atoms with van der Waals surface area (Å²) in [4.78, 5) is 11.1. The number of ether oxygens (including phenoxy) is 1. The molecule has 0 spiro atoms. The van der Waals surface area contributed by atoms with Gasteiger partial charge in [0, 0.05) is 5.56 Å². The molecule has 1 aromatic rings. The second-order valence-corrected chi connectivity index (χ2v) is 3.68. The monoisotopic (exact) mass is 209 g/mol. The predicted octanol–water partition coefficient (Wildman–Crippen LogP) is 2.17. The molecule has 0 unspecified atom stereocenters. The number of carbonyl (C=O) groups is 1. The molecule has 1 N–H and O–H groups in total. The second kappa shape index (κ2) is 3.53. The summed E-state index contributed by atoms with van der Waals surface area (Å²) < 4.78 is 18.0. The van der Waals surface area contributed by atoms with Gasteiger partial charge in [0.1, 0.15) is 5.82 Å². The Morgan fingerprint density at radius 3 is 2.67 bits per heavy atom. The van der Waals surface area contributed by atoms with Gasteiger partial charge < -0.3 is 10.1 Å². The zero-order valence-corrected chi connectivity index (χ0v) is 8.42. The van der Waals surface area contributed by atoms with Gasteiger partial charge in [-0.2, -0.15) is 0 Å². The summed E-state index contributed by atoms with van der Waals surface area (Å²) in [5, 5.41) is 2.67. The van der Waals surface area contributed by atoms with Crippen LogP contribution in [0, 0.1) is 5.82 Å². The van der Waals surface area contributed by atoms with Crippen LogP contribution >= 0.6 is 0 Å². The Bertz CT molecular complexity index is 388. The highest BCUT2D eigenvalue weighted by molar-refractivity contribution is 5.69. The number of carbonyl (C=O) groups excluding carboxylic acids is 1. The van der Waals surface area contributed by atoms with Crippen molar-refractivity contribution in [2.75, 3.05) is 7.11 Å². The molecule has 0 saturated heterocycles. The highest BCUT2D eigenvalue weighted by Crippen LogP contribution is 2.46. The molecule has 3 nitrogen and oxygen atoms in total. The largest absolute Gasteiger partial charge is 0.453 e. The number of amides is 1. The third-order valence-corrected chi connectivity index (χ3v) is 2.67. The summed E-state index contributed by atoms with van der Waals surface area (Å²) in [6.45, 7) is 0. The summed E-state index contributed by atoms with van der Waals surface area (Å²) >= 11 is 0. The van der Waals surface area contributed by atoms with Crippen LogP contribution in [0.4, 0.5) is 9.18 Å². The lowest BCUT2D eigenvalue weighted by Gasteiger charge is -2.17. The van der Waals surface area contributed by atoms with Crippen LogP contribution in [0.3, 0.4) is 0 Å². The summed E-state index contributed by atoms with van der Waals surface area (Å²) in [7, 11) is 1.30. The molecule has 1 fully saturated rings. The van der Waals surface area contributed by atoms with Crippen LogP contribution in [0.1, 0.15) is 18.4 Å². The van der Waals surface area contributed by atoms with Gasteiger partial charge in [-0.15, -0.1) is 0 Å². The molecule has 1 amide bonds. The lowest BCUT2D eigenvalue weighted by atomic mass is 10.0. The molecule has 0 radical (unpaired) electrons. The van der Waals surface area contributed by atoms with Gasteiger partial charge in [0.05, 0.1) is 12.6 Å². The SMILES string of the molecule is COC(=O)NC1(c2ccccc2F)CC1. The van der Waals surface area contributed by atoms with Gasteiger partial charge in [-0.1, -0.05) is 18.2 Å². The first-order chi connectivity index (χ1) is 7.18. The van der Waals surface area contributed by atoms with E-state index in [4.69, 9.17) is 0 Å². The highest BCUT2D eigenvalue weighted by Gasteiger charge is 2.47. The molecule has 0 bridgehead atoms. The normalized spacial score (nSPS) is 16.9. The third kappa shape index (κ3) is 1.79. The van der Waals surface area contributed by atoms with Crippen LogP contribution in [0.15, 0.2) is 24.3 Å². The Labute approximate surface area is 87.2 Å². The van der Waals surface area contributed by atoms with E-state index in [0.29, 0.717) is 5.56 Å². The molecule has 1 saturated carbocycles. The molecule has 15 heavy (non-hydrogen) atoms. The topological polar surface area (TPSA) is 38.3 Å². The third-order valence-electron chi connectivity index (χ3n) is 2.67. The van der Waals surface area contributed by atoms with Crippen molar-refractivity contribution in [2.45, 2.75) is 18.4 Å². The van der Waals surface area contributed by atoms with Gasteiger partial charge >= 0.3 is 6.09 Å². The van der Waals surface area contributed by atoms with Gasteiger partial charge in [0.2, 0.25) is 0 Å². The average Bonchev–Trinajstić information content (AvgIpc) is 2.99. The van der Waals surface area contributed by atoms with E-state index in [1.54, 1.807) is 18.2 Å². The number of methoxy groups -OCH3 is 1. The van der Waals surface area contributed by atoms with Gasteiger partial charge in [-0.3, -0.25) is 0 Å². The van der Waals surface area contributed by atoms with Crippen molar-refractivity contribution >= 4 is 6.09 Å². The van der Waals surface area contributed by atoms with Gasteiger partial charge in [0.25, 0.3) is 0 Å². The fourth-order valence-corrected chi connectivity index (χ4v) is 1.68. The maximum atomic E-state index is 13.5. The number of rotatable bonds is 2. The van der Waals surface area contributed by atoms with Gasteiger partial charge in [0.15, 0.2) is 0 Å². The molecule has 1 aliphatic rings. The number of halogens is 1. The van der Waals surface area contributed by atoms with Crippen molar-refractivity contribution in [1.82, 2.24) is 5.32 Å². The summed E-state index contributed by atoms with van der Waals surface area (Å²) in [6, 6.07) is 6.48. The molecule has 4 heteroatoms. The standard InChI is InChI=1S/C11H12FNO2/c1-15-10(14)13-11(6-7-11)8-4-2-3-5-9(8)12/h2-5H,6-7H2,1H3,(H,13,14). The molecular weight excluding hydrogens is 197 g/mol. The van der Waals surface area contributed by atoms with Crippen LogP contribution in [0.5, 0.6) is 0 Å². The molecule has 1 aromatic carbocycles. The van der Waals surface area contributed by atoms with E-state index in [2.05, 4.69) is 10.1 Å². The van der Waals surface area contributed by atoms with E-state index in [9.17, 15) is 9.18 Å². The first-order valence-corrected chi connectivity index (χ1v) is 4.79. The first kappa shape index (κ1) is 9.96. The molecule has 1 aliphatic carbocycles. The lowest BCUT2D eigenvalue weighted by molar-refractivity contribution is 0.165. The molecule has 0 atom stereocenters. The summed E-state index contributed by atoms with van der Waals surface area (Å²) in [6.07, 6.45) is 0.988. The minimum Gasteiger partial charge on any atom is -0.453 e. The van der Waals surface area contributed by atoms with Crippen molar-refractivity contribution in [3.8, 4) is 0 Å². The summed E-state index contributed by atoms with van der Waals surface area (Å²) in [5.41, 5.74) is -0.00581. The van der Waals surface area contributed by atoms with Crippen LogP contribution < -0.4 is 5.32 Å². The number of hydrogen-bond donors (Lipinski definition) is 1. The minimum atomic E-state index is -0.543. The Hall–Kier alpha value is -1.58. The Morgan fingerprint density at radius 2 is 2.13 bits per heavy atom. The second-order valence-electron chi connectivity index (χ2n) is 3.68. The predicted molar refractivity (Wildman–Crippen MR) is 52.9 cm³/mol. The van der Waals surface area contributed by atoms with Crippen molar-refractivity contribution in [3.63, 3.8) is 0 Å². The fraction of sp³-hybridized carbons (Fsp3) is 0.364. The molecule has 0 heterocycles. The van der Waals surface area contributed by atoms with Gasteiger partial charge in [-0.05, 0) is 18.9 Å². The van der Waals surface area contributed by atoms with Crippen LogP contribution in [-0.2, 0) is 10.3 Å². The zero-order valence-electron chi connectivity index (χ0n) is 8.42. The molecule has 2 rings (SSSR count). The van der Waals surface area contributed by atoms with Crippen molar-refractivity contribution in [1.29, 1.82) is 0 Å². The van der Waals surface area contributed by atoms with Gasteiger partial charge in [-0.25, -0.2) is 9.18 Å². The molecule has 0 aliphatic heterocycles. The molecule has 80 valence electrons. The smallest absolute Gasteiger partial charge is 0.407 e. The van der Waals surface area contributed by atoms with Crippen molar-refractivity contribution in [3.05, 3.63) is 35.6 Å². The number of alkyl carbamates (subject to hydrolysis) is 1. The van der Waals surface area contributed by atoms with E-state index in [-0.39, 0.29) is 5.82 Å². The fourth-order valence-electron chi connectivity index (χ4n) is 1.68. The Morgan fingerprint density at radius 1 is 1.47 bits per heavy atom. The van der Waals surface area contributed by atoms with E-state index in [1.807, 2.05) is 0 Å². The lowest BCUT2D eigenvalue weighted by Crippen LogP contribution is -2.35. The van der Waals surface area contributed by atoms with Crippen molar-refractivity contribution < 1.29 is 13.9 Å². The summed E-state index contributed by atoms with van der Waals surface area (Å²) in [5.74, 6) is -0.286. The highest BCUT2D eigenvalue weighted by atomic mass is 19.1. The van der Waals surface area contributed by atoms with E-state index >= 15 is 0 Å². The maximum absolute atomic E-state index is 13.5. The van der Waals surface area contributed by atoms with E-state index < -0.39 is 11.6 Å². The number of nitrogens with one attached hydrogen (secondary N) is 1. The quantitative estimate of drug-likeness (QED) is 0.810. The van der Waals surface area contributed by atoms with E-state index in [0.717, 1.165) is 12.8 Å². The number of hydrogen-bond acceptors (Lipinski definition) is 2. The first-order valence-electron chi connectivity index (χ1n) is 4.79. The zero-order chi connectivity index (χ0) is 10.9. The van der Waals surface area contributed by atoms with Crippen LogP contribution in [-0.4, -0.2) is 13.2 Å². The average molecular weight is 209 g/mol. The molecular formula is C11H12FNO2. The van der Waals surface area contributed by atoms with Crippen LogP contribution in [0.2, 0.25) is 0 Å². The number of benzene rings is 1.